The molecule has 138 valence electrons. The molecule has 0 spiro atoms. The lowest BCUT2D eigenvalue weighted by Crippen LogP contribution is -2.28. The summed E-state index contributed by atoms with van der Waals surface area (Å²) in [6.07, 6.45) is 0. The Hall–Kier alpha value is -3.12. The molecule has 0 atom stereocenters. The van der Waals surface area contributed by atoms with E-state index in [-0.39, 0.29) is 11.6 Å². The van der Waals surface area contributed by atoms with Gasteiger partial charge in [0.05, 0.1) is 12.2 Å². The van der Waals surface area contributed by atoms with E-state index in [2.05, 4.69) is 15.7 Å². The van der Waals surface area contributed by atoms with Crippen molar-refractivity contribution in [3.63, 3.8) is 0 Å². The molecular formula is C20H19ClN4O2. The SMILES string of the molecule is CCNC(=O)Nc1cccc(Cn2nc(-c3ccc(Cl)cc3)ccc2=O)c1. The molecule has 7 heteroatoms. The van der Waals surface area contributed by atoms with Crippen LogP contribution in [0.4, 0.5) is 10.5 Å². The summed E-state index contributed by atoms with van der Waals surface area (Å²) < 4.78 is 1.40. The number of aromatic nitrogens is 2. The Morgan fingerprint density at radius 2 is 1.89 bits per heavy atom. The van der Waals surface area contributed by atoms with Gasteiger partial charge in [-0.2, -0.15) is 5.10 Å². The fourth-order valence-corrected chi connectivity index (χ4v) is 2.72. The summed E-state index contributed by atoms with van der Waals surface area (Å²) in [6, 6.07) is 17.5. The number of anilines is 1. The number of hydrogen-bond donors (Lipinski definition) is 2. The van der Waals surface area contributed by atoms with E-state index in [1.807, 2.05) is 37.3 Å². The van der Waals surface area contributed by atoms with Gasteiger partial charge in [-0.1, -0.05) is 35.9 Å². The predicted octanol–water partition coefficient (Wildman–Crippen LogP) is 3.75. The number of benzene rings is 2. The highest BCUT2D eigenvalue weighted by molar-refractivity contribution is 6.30. The van der Waals surface area contributed by atoms with Crippen molar-refractivity contribution < 1.29 is 4.79 Å². The number of hydrogen-bond acceptors (Lipinski definition) is 3. The number of carbonyl (C=O) groups is 1. The van der Waals surface area contributed by atoms with Gasteiger partial charge in [0.15, 0.2) is 0 Å². The highest BCUT2D eigenvalue weighted by Crippen LogP contribution is 2.19. The summed E-state index contributed by atoms with van der Waals surface area (Å²) in [5, 5.41) is 10.5. The lowest BCUT2D eigenvalue weighted by atomic mass is 10.1. The van der Waals surface area contributed by atoms with Crippen LogP contribution in [0, 0.1) is 0 Å². The van der Waals surface area contributed by atoms with E-state index in [4.69, 9.17) is 11.6 Å². The number of rotatable bonds is 5. The van der Waals surface area contributed by atoms with Crippen molar-refractivity contribution in [1.29, 1.82) is 0 Å². The number of urea groups is 1. The van der Waals surface area contributed by atoms with Crippen LogP contribution in [0.1, 0.15) is 12.5 Å². The molecule has 2 amide bonds. The normalized spacial score (nSPS) is 10.4. The Balaban J connectivity index is 1.83. The number of amides is 2. The molecule has 27 heavy (non-hydrogen) atoms. The Morgan fingerprint density at radius 3 is 2.63 bits per heavy atom. The Labute approximate surface area is 161 Å². The topological polar surface area (TPSA) is 76.0 Å². The first-order chi connectivity index (χ1) is 13.0. The van der Waals surface area contributed by atoms with E-state index in [1.54, 1.807) is 24.3 Å². The largest absolute Gasteiger partial charge is 0.338 e. The minimum Gasteiger partial charge on any atom is -0.338 e. The van der Waals surface area contributed by atoms with Crippen molar-refractivity contribution in [2.45, 2.75) is 13.5 Å². The quantitative estimate of drug-likeness (QED) is 0.705. The monoisotopic (exact) mass is 382 g/mol. The van der Waals surface area contributed by atoms with Gasteiger partial charge in [-0.15, -0.1) is 0 Å². The molecule has 1 aromatic heterocycles. The Morgan fingerprint density at radius 1 is 1.11 bits per heavy atom. The minimum atomic E-state index is -0.269. The minimum absolute atomic E-state index is 0.199. The van der Waals surface area contributed by atoms with Gasteiger partial charge in [0.1, 0.15) is 0 Å². The standard InChI is InChI=1S/C20H19ClN4O2/c1-2-22-20(27)23-17-5-3-4-14(12-17)13-25-19(26)11-10-18(24-25)15-6-8-16(21)9-7-15/h3-12H,2,13H2,1H3,(H2,22,23,27). The molecule has 3 rings (SSSR count). The van der Waals surface area contributed by atoms with E-state index in [9.17, 15) is 9.59 Å². The maximum Gasteiger partial charge on any atom is 0.319 e. The molecule has 1 heterocycles. The van der Waals surface area contributed by atoms with Gasteiger partial charge in [0.2, 0.25) is 0 Å². The van der Waals surface area contributed by atoms with Crippen molar-refractivity contribution in [2.24, 2.45) is 0 Å². The molecule has 3 aromatic rings. The highest BCUT2D eigenvalue weighted by Gasteiger charge is 2.06. The van der Waals surface area contributed by atoms with Crippen LogP contribution in [0.5, 0.6) is 0 Å². The summed E-state index contributed by atoms with van der Waals surface area (Å²) in [4.78, 5) is 23.9. The van der Waals surface area contributed by atoms with Crippen molar-refractivity contribution in [3.8, 4) is 11.3 Å². The molecular weight excluding hydrogens is 364 g/mol. The number of nitrogens with one attached hydrogen (secondary N) is 2. The highest BCUT2D eigenvalue weighted by atomic mass is 35.5. The van der Waals surface area contributed by atoms with Gasteiger partial charge in [-0.05, 0) is 42.8 Å². The van der Waals surface area contributed by atoms with Crippen LogP contribution < -0.4 is 16.2 Å². The van der Waals surface area contributed by atoms with E-state index >= 15 is 0 Å². The number of halogens is 1. The second kappa shape index (κ2) is 8.51. The first-order valence-corrected chi connectivity index (χ1v) is 8.91. The van der Waals surface area contributed by atoms with Gasteiger partial charge >= 0.3 is 6.03 Å². The molecule has 0 aliphatic heterocycles. The lowest BCUT2D eigenvalue weighted by Gasteiger charge is -2.10. The van der Waals surface area contributed by atoms with Crippen molar-refractivity contribution in [2.75, 3.05) is 11.9 Å². The van der Waals surface area contributed by atoms with Crippen molar-refractivity contribution in [1.82, 2.24) is 15.1 Å². The molecule has 0 aliphatic carbocycles. The maximum absolute atomic E-state index is 12.2. The number of nitrogens with zero attached hydrogens (tertiary/aromatic N) is 2. The molecule has 0 unspecified atom stereocenters. The molecule has 0 fully saturated rings. The zero-order chi connectivity index (χ0) is 19.2. The van der Waals surface area contributed by atoms with E-state index in [0.29, 0.717) is 29.5 Å². The summed E-state index contributed by atoms with van der Waals surface area (Å²) in [7, 11) is 0. The molecule has 2 aromatic carbocycles. The maximum atomic E-state index is 12.2. The van der Waals surface area contributed by atoms with Gasteiger partial charge < -0.3 is 10.6 Å². The fourth-order valence-electron chi connectivity index (χ4n) is 2.59. The molecule has 6 nitrogen and oxygen atoms in total. The Kier molecular flexibility index (Phi) is 5.88. The van der Waals surface area contributed by atoms with Crippen LogP contribution in [-0.2, 0) is 6.54 Å². The second-order valence-electron chi connectivity index (χ2n) is 5.91. The average Bonchev–Trinajstić information content (AvgIpc) is 2.65. The van der Waals surface area contributed by atoms with Gasteiger partial charge in [0, 0.05) is 28.9 Å². The molecule has 0 saturated heterocycles. The Bertz CT molecular complexity index is 999. The summed E-state index contributed by atoms with van der Waals surface area (Å²) >= 11 is 5.92. The van der Waals surface area contributed by atoms with Gasteiger partial charge in [-0.25, -0.2) is 9.48 Å². The van der Waals surface area contributed by atoms with Crippen LogP contribution in [-0.4, -0.2) is 22.4 Å². The summed E-state index contributed by atoms with van der Waals surface area (Å²) in [5.41, 5.74) is 2.87. The molecule has 0 bridgehead atoms. The third kappa shape index (κ3) is 4.95. The predicted molar refractivity (Wildman–Crippen MR) is 107 cm³/mol. The summed E-state index contributed by atoms with van der Waals surface area (Å²) in [5.74, 6) is 0. The van der Waals surface area contributed by atoms with Gasteiger partial charge in [0.25, 0.3) is 5.56 Å². The number of carbonyl (C=O) groups excluding carboxylic acids is 1. The van der Waals surface area contributed by atoms with Crippen molar-refractivity contribution in [3.05, 3.63) is 81.6 Å². The van der Waals surface area contributed by atoms with Crippen molar-refractivity contribution >= 4 is 23.3 Å². The van der Waals surface area contributed by atoms with E-state index in [0.717, 1.165) is 11.1 Å². The van der Waals surface area contributed by atoms with Gasteiger partial charge in [-0.3, -0.25) is 4.79 Å². The molecule has 0 radical (unpaired) electrons. The van der Waals surface area contributed by atoms with Crippen LogP contribution in [0.2, 0.25) is 5.02 Å². The zero-order valence-corrected chi connectivity index (χ0v) is 15.5. The summed E-state index contributed by atoms with van der Waals surface area (Å²) in [6.45, 7) is 2.69. The van der Waals surface area contributed by atoms with Crippen LogP contribution in [0.25, 0.3) is 11.3 Å². The molecule has 0 saturated carbocycles. The average molecular weight is 383 g/mol. The third-order valence-electron chi connectivity index (χ3n) is 3.86. The van der Waals surface area contributed by atoms with Crippen LogP contribution >= 0.6 is 11.6 Å². The van der Waals surface area contributed by atoms with Crippen LogP contribution in [0.15, 0.2) is 65.5 Å². The van der Waals surface area contributed by atoms with E-state index < -0.39 is 0 Å². The first kappa shape index (κ1) is 18.7. The zero-order valence-electron chi connectivity index (χ0n) is 14.8. The first-order valence-electron chi connectivity index (χ1n) is 8.53. The smallest absolute Gasteiger partial charge is 0.319 e. The molecule has 2 N–H and O–H groups in total. The van der Waals surface area contributed by atoms with E-state index in [1.165, 1.54) is 10.7 Å². The third-order valence-corrected chi connectivity index (χ3v) is 4.11. The van der Waals surface area contributed by atoms with Crippen LogP contribution in [0.3, 0.4) is 0 Å². The molecule has 0 aliphatic rings. The lowest BCUT2D eigenvalue weighted by molar-refractivity contribution is 0.252. The fraction of sp³-hybridized carbons (Fsp3) is 0.150. The second-order valence-corrected chi connectivity index (χ2v) is 6.34.